The van der Waals surface area contributed by atoms with Gasteiger partial charge >= 0.3 is 12.1 Å². The standard InChI is InChI=1S/C42H58N4O8Si2/c1-28(37(47)43-34(40(50)54-56(9,10)11)26-30-21-23-32(24-22-30)53-55(6,7)8)46-35-20-16-15-19-31(35)27-36(39(46)49)45(5)38(48)33(25-29-17-13-12-14-18-29)44-41(51)52-42(2,3)4/h12-24,28,33-34,36H,25-27H2,1-11H3,(H,43,47)(H,44,51)/t28-,33-,34-,36-/m0/s1. The van der Waals surface area contributed by atoms with Crippen LogP contribution in [0.2, 0.25) is 39.3 Å². The number of likely N-dealkylation sites (N-methyl/N-ethyl adjacent to an activating group) is 1. The van der Waals surface area contributed by atoms with Crippen LogP contribution in [0.3, 0.4) is 0 Å². The molecule has 0 unspecified atom stereocenters. The largest absolute Gasteiger partial charge is 0.544 e. The van der Waals surface area contributed by atoms with E-state index in [2.05, 4.69) is 30.3 Å². The Hall–Kier alpha value is -4.96. The lowest BCUT2D eigenvalue weighted by atomic mass is 9.93. The number of para-hydroxylation sites is 1. The molecule has 4 atom stereocenters. The molecule has 302 valence electrons. The third kappa shape index (κ3) is 12.5. The van der Waals surface area contributed by atoms with Gasteiger partial charge in [-0.05, 0) is 102 Å². The van der Waals surface area contributed by atoms with Gasteiger partial charge in [0.2, 0.25) is 28.4 Å². The molecule has 0 radical (unpaired) electrons. The molecule has 1 aliphatic heterocycles. The third-order valence-corrected chi connectivity index (χ3v) is 10.5. The van der Waals surface area contributed by atoms with Gasteiger partial charge in [-0.2, -0.15) is 0 Å². The van der Waals surface area contributed by atoms with Crippen LogP contribution in [0.1, 0.15) is 44.4 Å². The van der Waals surface area contributed by atoms with E-state index in [9.17, 15) is 24.0 Å². The summed E-state index contributed by atoms with van der Waals surface area (Å²) in [5.41, 5.74) is 2.09. The highest BCUT2D eigenvalue weighted by Gasteiger charge is 2.43. The smallest absolute Gasteiger partial charge is 0.408 e. The number of hydrogen-bond donors (Lipinski definition) is 2. The van der Waals surface area contributed by atoms with Gasteiger partial charge in [0, 0.05) is 32.0 Å². The zero-order valence-corrected chi connectivity index (χ0v) is 36.6. The van der Waals surface area contributed by atoms with Crippen LogP contribution in [0, 0.1) is 0 Å². The Morgan fingerprint density at radius 3 is 1.96 bits per heavy atom. The molecule has 4 rings (SSSR count). The Labute approximate surface area is 333 Å². The maximum Gasteiger partial charge on any atom is 0.408 e. The molecule has 0 aliphatic carbocycles. The van der Waals surface area contributed by atoms with Crippen molar-refractivity contribution in [2.45, 2.75) is 116 Å². The Balaban J connectivity index is 1.61. The molecule has 1 heterocycles. The van der Waals surface area contributed by atoms with Crippen LogP contribution in [0.15, 0.2) is 78.9 Å². The molecule has 12 nitrogen and oxygen atoms in total. The highest BCUT2D eigenvalue weighted by Crippen LogP contribution is 2.32. The van der Waals surface area contributed by atoms with Gasteiger partial charge in [-0.15, -0.1) is 0 Å². The molecule has 0 saturated carbocycles. The van der Waals surface area contributed by atoms with E-state index in [4.69, 9.17) is 13.6 Å². The van der Waals surface area contributed by atoms with E-state index in [0.717, 1.165) is 22.4 Å². The fourth-order valence-corrected chi connectivity index (χ4v) is 7.94. The number of fused-ring (bicyclic) bond motifs is 1. The number of alkyl carbamates (subject to hydrolysis) is 1. The maximum absolute atomic E-state index is 14.5. The number of hydrogen-bond acceptors (Lipinski definition) is 8. The molecule has 3 aromatic carbocycles. The Bertz CT molecular complexity index is 1870. The summed E-state index contributed by atoms with van der Waals surface area (Å²) in [6.45, 7) is 18.8. The molecule has 0 aromatic heterocycles. The average molecular weight is 803 g/mol. The minimum absolute atomic E-state index is 0.159. The zero-order chi connectivity index (χ0) is 41.6. The van der Waals surface area contributed by atoms with Crippen molar-refractivity contribution in [3.63, 3.8) is 0 Å². The first kappa shape index (κ1) is 43.8. The minimum Gasteiger partial charge on any atom is -0.544 e. The van der Waals surface area contributed by atoms with Crippen molar-refractivity contribution in [3.8, 4) is 5.75 Å². The molecule has 56 heavy (non-hydrogen) atoms. The third-order valence-electron chi connectivity index (χ3n) is 8.84. The summed E-state index contributed by atoms with van der Waals surface area (Å²) in [6, 6.07) is 19.8. The number of anilines is 1. The first-order chi connectivity index (χ1) is 26.0. The Morgan fingerprint density at radius 1 is 0.804 bits per heavy atom. The zero-order valence-electron chi connectivity index (χ0n) is 34.6. The van der Waals surface area contributed by atoms with E-state index in [1.165, 1.54) is 16.8 Å². The molecular formula is C42H58N4O8Si2. The molecule has 0 saturated heterocycles. The number of rotatable bonds is 14. The van der Waals surface area contributed by atoms with Gasteiger partial charge in [-0.1, -0.05) is 60.7 Å². The molecular weight excluding hydrogens is 745 g/mol. The van der Waals surface area contributed by atoms with E-state index in [1.54, 1.807) is 39.8 Å². The normalized spacial score (nSPS) is 16.1. The van der Waals surface area contributed by atoms with E-state index < -0.39 is 76.2 Å². The highest BCUT2D eigenvalue weighted by atomic mass is 28.4. The quantitative estimate of drug-likeness (QED) is 0.182. The molecule has 2 N–H and O–H groups in total. The van der Waals surface area contributed by atoms with Gasteiger partial charge in [0.25, 0.3) is 5.91 Å². The number of carbonyl (C=O) groups excluding carboxylic acids is 5. The van der Waals surface area contributed by atoms with Gasteiger partial charge in [0.15, 0.2) is 0 Å². The van der Waals surface area contributed by atoms with E-state index in [-0.39, 0.29) is 19.3 Å². The topological polar surface area (TPSA) is 144 Å². The predicted octanol–water partition coefficient (Wildman–Crippen LogP) is 6.25. The van der Waals surface area contributed by atoms with Gasteiger partial charge in [0.05, 0.1) is 0 Å². The molecule has 1 aliphatic rings. The van der Waals surface area contributed by atoms with Crippen molar-refractivity contribution in [1.82, 2.24) is 15.5 Å². The minimum atomic E-state index is -2.35. The summed E-state index contributed by atoms with van der Waals surface area (Å²) in [7, 11) is -2.65. The second-order valence-electron chi connectivity index (χ2n) is 17.2. The Kier molecular flexibility index (Phi) is 14.0. The summed E-state index contributed by atoms with van der Waals surface area (Å²) < 4.78 is 17.4. The molecule has 4 amide bonds. The molecule has 0 bridgehead atoms. The van der Waals surface area contributed by atoms with Crippen LogP contribution < -0.4 is 20.0 Å². The van der Waals surface area contributed by atoms with E-state index >= 15 is 0 Å². The SMILES string of the molecule is C[C@@H](C(=O)N[C@@H](Cc1ccc(O[Si](C)(C)C)cc1)C(=O)O[Si](C)(C)C)N1C(=O)[C@@H](N(C)C(=O)[C@H](Cc2ccccc2)NC(=O)OC(C)(C)C)Cc2ccccc21. The van der Waals surface area contributed by atoms with Crippen molar-refractivity contribution < 1.29 is 37.6 Å². The van der Waals surface area contributed by atoms with Gasteiger partial charge < -0.3 is 29.1 Å². The summed E-state index contributed by atoms with van der Waals surface area (Å²) in [5, 5.41) is 5.61. The fourth-order valence-electron chi connectivity index (χ4n) is 6.35. The summed E-state index contributed by atoms with van der Waals surface area (Å²) in [5.74, 6) is -1.35. The molecule has 0 spiro atoms. The van der Waals surface area contributed by atoms with Gasteiger partial charge in [-0.3, -0.25) is 24.1 Å². The second-order valence-corrected chi connectivity index (χ2v) is 26.1. The van der Waals surface area contributed by atoms with Crippen molar-refractivity contribution in [1.29, 1.82) is 0 Å². The first-order valence-electron chi connectivity index (χ1n) is 19.0. The summed E-state index contributed by atoms with van der Waals surface area (Å²) in [6.07, 6.45) is -0.251. The lowest BCUT2D eigenvalue weighted by Gasteiger charge is -2.41. The molecule has 0 fully saturated rings. The van der Waals surface area contributed by atoms with Crippen LogP contribution in [0.4, 0.5) is 10.5 Å². The van der Waals surface area contributed by atoms with Crippen LogP contribution >= 0.6 is 0 Å². The number of benzene rings is 3. The van der Waals surface area contributed by atoms with Crippen LogP contribution in [0.25, 0.3) is 0 Å². The van der Waals surface area contributed by atoms with Crippen molar-refractivity contribution in [2.75, 3.05) is 11.9 Å². The van der Waals surface area contributed by atoms with Crippen LogP contribution in [-0.4, -0.2) is 88.1 Å². The number of carbonyl (C=O) groups is 5. The van der Waals surface area contributed by atoms with Crippen LogP contribution in [-0.2, 0) is 47.6 Å². The van der Waals surface area contributed by atoms with Gasteiger partial charge in [0.1, 0.15) is 35.5 Å². The number of amides is 4. The molecule has 14 heteroatoms. The first-order valence-corrected chi connectivity index (χ1v) is 25.9. The number of nitrogens with one attached hydrogen (secondary N) is 2. The van der Waals surface area contributed by atoms with Gasteiger partial charge in [-0.25, -0.2) is 4.79 Å². The van der Waals surface area contributed by atoms with Crippen molar-refractivity contribution >= 4 is 52.1 Å². The number of ether oxygens (including phenoxy) is 1. The monoisotopic (exact) mass is 802 g/mol. The van der Waals surface area contributed by atoms with E-state index in [1.807, 2.05) is 86.4 Å². The second kappa shape index (κ2) is 17.9. The predicted molar refractivity (Wildman–Crippen MR) is 222 cm³/mol. The van der Waals surface area contributed by atoms with Crippen molar-refractivity contribution in [2.24, 2.45) is 0 Å². The summed E-state index contributed by atoms with van der Waals surface area (Å²) >= 11 is 0. The van der Waals surface area contributed by atoms with E-state index in [0.29, 0.717) is 5.69 Å². The average Bonchev–Trinajstić information content (AvgIpc) is 3.09. The Morgan fingerprint density at radius 2 is 1.38 bits per heavy atom. The molecule has 3 aromatic rings. The lowest BCUT2D eigenvalue weighted by Crippen LogP contribution is -2.61. The number of nitrogens with zero attached hydrogens (tertiary/aromatic N) is 2. The lowest BCUT2D eigenvalue weighted by molar-refractivity contribution is -0.141. The fraction of sp³-hybridized carbons (Fsp3) is 0.452. The summed E-state index contributed by atoms with van der Waals surface area (Å²) in [4.78, 5) is 72.2. The van der Waals surface area contributed by atoms with Crippen LogP contribution in [0.5, 0.6) is 5.75 Å². The van der Waals surface area contributed by atoms with Crippen molar-refractivity contribution in [3.05, 3.63) is 95.6 Å². The maximum atomic E-state index is 14.5. The highest BCUT2D eigenvalue weighted by molar-refractivity contribution is 6.71.